The molecule has 0 N–H and O–H groups in total. The Labute approximate surface area is 107 Å². The zero-order valence-electron chi connectivity index (χ0n) is 8.59. The molecule has 1 rings (SSSR count). The summed E-state index contributed by atoms with van der Waals surface area (Å²) in [5, 5.41) is 8.78. The molecule has 0 amide bonds. The molecule has 0 radical (unpaired) electrons. The first-order chi connectivity index (χ1) is 7.63. The van der Waals surface area contributed by atoms with Crippen molar-refractivity contribution in [3.8, 4) is 6.07 Å². The summed E-state index contributed by atoms with van der Waals surface area (Å²) in [4.78, 5) is 11.7. The summed E-state index contributed by atoms with van der Waals surface area (Å²) >= 11 is 8.98. The molecule has 0 fully saturated rings. The lowest BCUT2D eigenvalue weighted by molar-refractivity contribution is 0.0524. The second-order valence-electron chi connectivity index (χ2n) is 2.96. The molecule has 0 bridgehead atoms. The Balaban J connectivity index is 3.28. The maximum atomic E-state index is 11.7. The number of halogens is 2. The number of benzene rings is 1. The van der Waals surface area contributed by atoms with Crippen LogP contribution in [0.3, 0.4) is 0 Å². The number of hydrogen-bond donors (Lipinski definition) is 0. The van der Waals surface area contributed by atoms with Crippen LogP contribution in [0, 0.1) is 11.3 Å². The summed E-state index contributed by atoms with van der Waals surface area (Å²) in [6.07, 6.45) is 0. The largest absolute Gasteiger partial charge is 0.462 e. The lowest BCUT2D eigenvalue weighted by Crippen LogP contribution is -2.09. The van der Waals surface area contributed by atoms with Gasteiger partial charge in [0.25, 0.3) is 0 Å². The number of rotatable bonds is 3. The number of nitrogens with zero attached hydrogens (tertiary/aromatic N) is 1. The van der Waals surface area contributed by atoms with E-state index in [9.17, 15) is 4.79 Å². The van der Waals surface area contributed by atoms with Gasteiger partial charge in [-0.3, -0.25) is 0 Å². The molecule has 0 saturated heterocycles. The fourth-order valence-corrected chi connectivity index (χ4v) is 2.14. The van der Waals surface area contributed by atoms with E-state index in [1.54, 1.807) is 19.1 Å². The van der Waals surface area contributed by atoms with E-state index in [2.05, 4.69) is 15.9 Å². The molecule has 0 aliphatic carbocycles. The molecular formula is C11H9BrClNO2. The predicted octanol–water partition coefficient (Wildman–Crippen LogP) is 3.24. The molecule has 0 aliphatic rings. The van der Waals surface area contributed by atoms with Crippen molar-refractivity contribution < 1.29 is 9.53 Å². The monoisotopic (exact) mass is 301 g/mol. The highest BCUT2D eigenvalue weighted by atomic mass is 79.9. The SMILES string of the molecule is CCOC(=O)c1c(Br)cc(C#N)cc1CCl. The number of carbonyl (C=O) groups excluding carboxylic acids is 1. The minimum Gasteiger partial charge on any atom is -0.462 e. The summed E-state index contributed by atoms with van der Waals surface area (Å²) in [5.41, 5.74) is 1.43. The van der Waals surface area contributed by atoms with Crippen LogP contribution in [0.2, 0.25) is 0 Å². The maximum Gasteiger partial charge on any atom is 0.339 e. The number of ether oxygens (including phenoxy) is 1. The third-order valence-electron chi connectivity index (χ3n) is 1.92. The van der Waals surface area contributed by atoms with Crippen LogP contribution < -0.4 is 0 Å². The third-order valence-corrected chi connectivity index (χ3v) is 2.84. The van der Waals surface area contributed by atoms with Crippen LogP contribution in [0.15, 0.2) is 16.6 Å². The molecular weight excluding hydrogens is 293 g/mol. The number of carbonyl (C=O) groups is 1. The normalized spacial score (nSPS) is 9.62. The van der Waals surface area contributed by atoms with Gasteiger partial charge in [-0.15, -0.1) is 11.6 Å². The topological polar surface area (TPSA) is 50.1 Å². The van der Waals surface area contributed by atoms with Crippen molar-refractivity contribution in [3.63, 3.8) is 0 Å². The van der Waals surface area contributed by atoms with E-state index >= 15 is 0 Å². The lowest BCUT2D eigenvalue weighted by atomic mass is 10.1. The summed E-state index contributed by atoms with van der Waals surface area (Å²) in [5.74, 6) is -0.281. The van der Waals surface area contributed by atoms with Gasteiger partial charge in [-0.05, 0) is 40.5 Å². The summed E-state index contributed by atoms with van der Waals surface area (Å²) in [6, 6.07) is 5.16. The van der Waals surface area contributed by atoms with Crippen molar-refractivity contribution in [1.82, 2.24) is 0 Å². The van der Waals surface area contributed by atoms with Crippen molar-refractivity contribution >= 4 is 33.5 Å². The molecule has 0 heterocycles. The quantitative estimate of drug-likeness (QED) is 0.636. The molecule has 1 aromatic carbocycles. The Morgan fingerprint density at radius 1 is 1.62 bits per heavy atom. The standard InChI is InChI=1S/C11H9BrClNO2/c1-2-16-11(15)10-8(5-13)3-7(6-14)4-9(10)12/h3-4H,2,5H2,1H3. The highest BCUT2D eigenvalue weighted by Crippen LogP contribution is 2.25. The fraction of sp³-hybridized carbons (Fsp3) is 0.273. The lowest BCUT2D eigenvalue weighted by Gasteiger charge is -2.09. The van der Waals surface area contributed by atoms with Crippen molar-refractivity contribution in [3.05, 3.63) is 33.3 Å². The van der Waals surface area contributed by atoms with Gasteiger partial charge in [-0.2, -0.15) is 5.26 Å². The summed E-state index contributed by atoms with van der Waals surface area (Å²) < 4.78 is 5.44. The molecule has 5 heteroatoms. The molecule has 0 unspecified atom stereocenters. The number of nitriles is 1. The Hall–Kier alpha value is -1.05. The summed E-state index contributed by atoms with van der Waals surface area (Å²) in [6.45, 7) is 2.03. The zero-order chi connectivity index (χ0) is 12.1. The van der Waals surface area contributed by atoms with Crippen LogP contribution in [0.5, 0.6) is 0 Å². The predicted molar refractivity (Wildman–Crippen MR) is 64.4 cm³/mol. The van der Waals surface area contributed by atoms with Gasteiger partial charge in [-0.25, -0.2) is 4.79 Å². The highest BCUT2D eigenvalue weighted by Gasteiger charge is 2.17. The van der Waals surface area contributed by atoms with Crippen LogP contribution in [0.4, 0.5) is 0 Å². The van der Waals surface area contributed by atoms with Gasteiger partial charge in [0.2, 0.25) is 0 Å². The van der Waals surface area contributed by atoms with Gasteiger partial charge in [0.05, 0.1) is 23.8 Å². The Morgan fingerprint density at radius 3 is 2.81 bits per heavy atom. The van der Waals surface area contributed by atoms with Gasteiger partial charge in [-0.1, -0.05) is 0 Å². The molecule has 0 aromatic heterocycles. The molecule has 0 aliphatic heterocycles. The average molecular weight is 303 g/mol. The van der Waals surface area contributed by atoms with E-state index in [4.69, 9.17) is 21.6 Å². The molecule has 3 nitrogen and oxygen atoms in total. The minimum absolute atomic E-state index is 0.155. The first-order valence-corrected chi connectivity index (χ1v) is 5.92. The molecule has 0 atom stereocenters. The van der Waals surface area contributed by atoms with Crippen molar-refractivity contribution in [2.24, 2.45) is 0 Å². The van der Waals surface area contributed by atoms with E-state index < -0.39 is 5.97 Å². The van der Waals surface area contributed by atoms with E-state index in [1.807, 2.05) is 6.07 Å². The van der Waals surface area contributed by atoms with E-state index in [-0.39, 0.29) is 5.88 Å². The van der Waals surface area contributed by atoms with Crippen molar-refractivity contribution in [2.75, 3.05) is 6.61 Å². The Bertz CT molecular complexity index is 454. The first kappa shape index (κ1) is 13.0. The second kappa shape index (κ2) is 5.88. The smallest absolute Gasteiger partial charge is 0.339 e. The van der Waals surface area contributed by atoms with Gasteiger partial charge < -0.3 is 4.74 Å². The summed E-state index contributed by atoms with van der Waals surface area (Å²) in [7, 11) is 0. The second-order valence-corrected chi connectivity index (χ2v) is 4.08. The van der Waals surface area contributed by atoms with E-state index in [1.165, 1.54) is 0 Å². The minimum atomic E-state index is -0.436. The molecule has 1 aromatic rings. The third kappa shape index (κ3) is 2.75. The number of hydrogen-bond acceptors (Lipinski definition) is 3. The first-order valence-electron chi connectivity index (χ1n) is 4.59. The van der Waals surface area contributed by atoms with E-state index in [0.717, 1.165) is 0 Å². The van der Waals surface area contributed by atoms with Crippen LogP contribution in [-0.4, -0.2) is 12.6 Å². The van der Waals surface area contributed by atoms with Gasteiger partial charge in [0.1, 0.15) is 0 Å². The average Bonchev–Trinajstić information content (AvgIpc) is 2.27. The van der Waals surface area contributed by atoms with E-state index in [0.29, 0.717) is 27.8 Å². The fourth-order valence-electron chi connectivity index (χ4n) is 1.27. The number of esters is 1. The molecule has 0 spiro atoms. The van der Waals surface area contributed by atoms with Crippen LogP contribution in [0.25, 0.3) is 0 Å². The molecule has 0 saturated carbocycles. The zero-order valence-corrected chi connectivity index (χ0v) is 10.9. The Morgan fingerprint density at radius 2 is 2.31 bits per heavy atom. The number of alkyl halides is 1. The van der Waals surface area contributed by atoms with Gasteiger partial charge >= 0.3 is 5.97 Å². The molecule has 84 valence electrons. The van der Waals surface area contributed by atoms with Crippen LogP contribution >= 0.6 is 27.5 Å². The van der Waals surface area contributed by atoms with Crippen molar-refractivity contribution in [2.45, 2.75) is 12.8 Å². The van der Waals surface area contributed by atoms with Crippen LogP contribution in [-0.2, 0) is 10.6 Å². The van der Waals surface area contributed by atoms with Gasteiger partial charge in [0, 0.05) is 10.4 Å². The maximum absolute atomic E-state index is 11.7. The highest BCUT2D eigenvalue weighted by molar-refractivity contribution is 9.10. The Kier molecular flexibility index (Phi) is 4.78. The van der Waals surface area contributed by atoms with Crippen LogP contribution in [0.1, 0.15) is 28.4 Å². The van der Waals surface area contributed by atoms with Crippen molar-refractivity contribution in [1.29, 1.82) is 5.26 Å². The van der Waals surface area contributed by atoms with Gasteiger partial charge in [0.15, 0.2) is 0 Å². The molecule has 16 heavy (non-hydrogen) atoms.